The molecule has 3 aromatic carbocycles. The second-order valence-corrected chi connectivity index (χ2v) is 7.32. The van der Waals surface area contributed by atoms with Gasteiger partial charge < -0.3 is 0 Å². The van der Waals surface area contributed by atoms with Crippen LogP contribution in [-0.4, -0.2) is 4.92 Å². The van der Waals surface area contributed by atoms with Gasteiger partial charge in [0, 0.05) is 26.2 Å². The molecular formula is C25H23NO2S. The molecule has 1 heterocycles. The van der Waals surface area contributed by atoms with Gasteiger partial charge in [0.25, 0.3) is 5.69 Å². The van der Waals surface area contributed by atoms with E-state index in [0.717, 1.165) is 22.1 Å². The van der Waals surface area contributed by atoms with Gasteiger partial charge in [-0.05, 0) is 47.9 Å². The number of benzene rings is 3. The average molecular weight is 402 g/mol. The zero-order valence-electron chi connectivity index (χ0n) is 16.8. The first-order valence-corrected chi connectivity index (χ1v) is 10.4. The molecule has 0 unspecified atom stereocenters. The van der Waals surface area contributed by atoms with E-state index in [1.54, 1.807) is 29.5 Å². The van der Waals surface area contributed by atoms with Crippen molar-refractivity contribution in [3.8, 4) is 11.1 Å². The molecule has 146 valence electrons. The first-order chi connectivity index (χ1) is 14.1. The Balaban J connectivity index is 0.00000117. The quantitative estimate of drug-likeness (QED) is 0.255. The molecule has 0 aliphatic heterocycles. The molecule has 0 radical (unpaired) electrons. The fraction of sp³-hybridized carbons (Fsp3) is 0.120. The number of hydrogen-bond donors (Lipinski definition) is 0. The Labute approximate surface area is 174 Å². The summed E-state index contributed by atoms with van der Waals surface area (Å²) in [6, 6.07) is 17.7. The molecular weight excluding hydrogens is 378 g/mol. The van der Waals surface area contributed by atoms with Gasteiger partial charge in [0.1, 0.15) is 0 Å². The van der Waals surface area contributed by atoms with Gasteiger partial charge in [0.15, 0.2) is 0 Å². The van der Waals surface area contributed by atoms with E-state index in [4.69, 9.17) is 0 Å². The van der Waals surface area contributed by atoms with E-state index < -0.39 is 0 Å². The van der Waals surface area contributed by atoms with Gasteiger partial charge in [-0.15, -0.1) is 11.3 Å². The number of nitro groups is 1. The van der Waals surface area contributed by atoms with E-state index >= 15 is 0 Å². The van der Waals surface area contributed by atoms with Crippen LogP contribution < -0.4 is 0 Å². The SMILES string of the molecule is C=Cc1ccc([N+](=O)[O-])c(-c2ccc3sc4ccccc4c3c2)c1/C=C\C.CC. The molecule has 0 saturated heterocycles. The lowest BCUT2D eigenvalue weighted by Crippen LogP contribution is -1.96. The lowest BCUT2D eigenvalue weighted by Gasteiger charge is -2.11. The van der Waals surface area contributed by atoms with Gasteiger partial charge in [-0.2, -0.15) is 0 Å². The summed E-state index contributed by atoms with van der Waals surface area (Å²) in [7, 11) is 0. The van der Waals surface area contributed by atoms with Crippen LogP contribution in [0.25, 0.3) is 43.5 Å². The first kappa shape index (κ1) is 20.5. The van der Waals surface area contributed by atoms with Crippen molar-refractivity contribution in [3.63, 3.8) is 0 Å². The van der Waals surface area contributed by atoms with E-state index in [0.29, 0.717) is 5.56 Å². The number of nitro benzene ring substituents is 1. The molecule has 3 nitrogen and oxygen atoms in total. The van der Waals surface area contributed by atoms with Gasteiger partial charge in [-0.25, -0.2) is 0 Å². The van der Waals surface area contributed by atoms with Crippen LogP contribution in [0.15, 0.2) is 67.3 Å². The van der Waals surface area contributed by atoms with Crippen molar-refractivity contribution < 1.29 is 4.92 Å². The first-order valence-electron chi connectivity index (χ1n) is 9.62. The number of thiophene rings is 1. The Bertz CT molecular complexity index is 1230. The molecule has 0 aliphatic carbocycles. The molecule has 4 rings (SSSR count). The minimum atomic E-state index is -0.314. The molecule has 29 heavy (non-hydrogen) atoms. The van der Waals surface area contributed by atoms with Gasteiger partial charge in [0.2, 0.25) is 0 Å². The zero-order chi connectivity index (χ0) is 21.0. The fourth-order valence-corrected chi connectivity index (χ4v) is 4.57. The summed E-state index contributed by atoms with van der Waals surface area (Å²) < 4.78 is 2.39. The Kier molecular flexibility index (Phi) is 6.25. The van der Waals surface area contributed by atoms with Crippen LogP contribution in [-0.2, 0) is 0 Å². The molecule has 0 saturated carbocycles. The Morgan fingerprint density at radius 3 is 2.41 bits per heavy atom. The lowest BCUT2D eigenvalue weighted by molar-refractivity contribution is -0.384. The lowest BCUT2D eigenvalue weighted by atomic mass is 9.92. The molecule has 4 heteroatoms. The van der Waals surface area contributed by atoms with E-state index in [2.05, 4.69) is 30.8 Å². The minimum absolute atomic E-state index is 0.104. The van der Waals surface area contributed by atoms with Crippen LogP contribution in [0.2, 0.25) is 0 Å². The normalized spacial score (nSPS) is 10.9. The van der Waals surface area contributed by atoms with Crippen LogP contribution in [0.1, 0.15) is 31.9 Å². The molecule has 0 bridgehead atoms. The maximum atomic E-state index is 11.7. The number of hydrogen-bond acceptors (Lipinski definition) is 3. The van der Waals surface area contributed by atoms with Crippen molar-refractivity contribution in [2.75, 3.05) is 0 Å². The fourth-order valence-electron chi connectivity index (χ4n) is 3.49. The standard InChI is InChI=1S/C23H17NO2S.C2H6/c1-3-7-17-15(4-2)10-12-20(24(25)26)23(17)16-11-13-22-19(14-16)18-8-5-6-9-21(18)27-22;1-2/h3-14H,2H2,1H3;1-2H3/b7-3-;. The number of nitrogens with zero attached hydrogens (tertiary/aromatic N) is 1. The summed E-state index contributed by atoms with van der Waals surface area (Å²) in [6.45, 7) is 9.77. The van der Waals surface area contributed by atoms with Gasteiger partial charge in [0.05, 0.1) is 10.5 Å². The maximum Gasteiger partial charge on any atom is 0.277 e. The van der Waals surface area contributed by atoms with Gasteiger partial charge in [-0.3, -0.25) is 10.1 Å². The highest BCUT2D eigenvalue weighted by molar-refractivity contribution is 7.25. The van der Waals surface area contributed by atoms with Crippen molar-refractivity contribution in [1.82, 2.24) is 0 Å². The van der Waals surface area contributed by atoms with E-state index in [1.165, 1.54) is 14.8 Å². The Hall–Kier alpha value is -3.24. The van der Waals surface area contributed by atoms with Crippen LogP contribution in [0, 0.1) is 10.1 Å². The van der Waals surface area contributed by atoms with E-state index in [9.17, 15) is 10.1 Å². The van der Waals surface area contributed by atoms with Crippen LogP contribution in [0.3, 0.4) is 0 Å². The van der Waals surface area contributed by atoms with Crippen LogP contribution in [0.5, 0.6) is 0 Å². The smallest absolute Gasteiger partial charge is 0.258 e. The van der Waals surface area contributed by atoms with Crippen molar-refractivity contribution in [2.24, 2.45) is 0 Å². The third-order valence-corrected chi connectivity index (χ3v) is 5.82. The summed E-state index contributed by atoms with van der Waals surface area (Å²) in [5, 5.41) is 14.0. The van der Waals surface area contributed by atoms with E-state index in [-0.39, 0.29) is 10.6 Å². The van der Waals surface area contributed by atoms with Crippen molar-refractivity contribution in [2.45, 2.75) is 20.8 Å². The largest absolute Gasteiger partial charge is 0.277 e. The summed E-state index contributed by atoms with van der Waals surface area (Å²) in [5.74, 6) is 0. The molecule has 0 atom stereocenters. The predicted molar refractivity (Wildman–Crippen MR) is 128 cm³/mol. The second-order valence-electron chi connectivity index (χ2n) is 6.23. The summed E-state index contributed by atoms with van der Waals surface area (Å²) in [6.07, 6.45) is 5.55. The van der Waals surface area contributed by atoms with Crippen LogP contribution >= 0.6 is 11.3 Å². The highest BCUT2D eigenvalue weighted by atomic mass is 32.1. The molecule has 0 amide bonds. The highest BCUT2D eigenvalue weighted by Gasteiger charge is 2.21. The number of rotatable bonds is 4. The molecule has 0 aliphatic rings. The summed E-state index contributed by atoms with van der Waals surface area (Å²) in [4.78, 5) is 11.4. The monoisotopic (exact) mass is 401 g/mol. The van der Waals surface area contributed by atoms with Crippen molar-refractivity contribution in [1.29, 1.82) is 0 Å². The minimum Gasteiger partial charge on any atom is -0.258 e. The van der Waals surface area contributed by atoms with Gasteiger partial charge >= 0.3 is 0 Å². The van der Waals surface area contributed by atoms with Gasteiger partial charge in [-0.1, -0.05) is 62.9 Å². The number of allylic oxidation sites excluding steroid dienone is 1. The summed E-state index contributed by atoms with van der Waals surface area (Å²) in [5.41, 5.74) is 3.28. The zero-order valence-corrected chi connectivity index (χ0v) is 17.6. The summed E-state index contributed by atoms with van der Waals surface area (Å²) >= 11 is 1.73. The van der Waals surface area contributed by atoms with Crippen LogP contribution in [0.4, 0.5) is 5.69 Å². The third-order valence-electron chi connectivity index (χ3n) is 4.67. The number of fused-ring (bicyclic) bond motifs is 3. The Morgan fingerprint density at radius 2 is 1.72 bits per heavy atom. The topological polar surface area (TPSA) is 43.1 Å². The Morgan fingerprint density at radius 1 is 1.00 bits per heavy atom. The predicted octanol–water partition coefficient (Wildman–Crippen LogP) is 8.33. The maximum absolute atomic E-state index is 11.7. The van der Waals surface area contributed by atoms with Crippen molar-refractivity contribution in [3.05, 3.63) is 88.5 Å². The second kappa shape index (κ2) is 8.84. The third kappa shape index (κ3) is 3.71. The molecule has 0 fully saturated rings. The average Bonchev–Trinajstić information content (AvgIpc) is 3.13. The molecule has 4 aromatic rings. The molecule has 0 spiro atoms. The highest BCUT2D eigenvalue weighted by Crippen LogP contribution is 2.41. The molecule has 0 N–H and O–H groups in total. The van der Waals surface area contributed by atoms with E-state index in [1.807, 2.05) is 51.1 Å². The van der Waals surface area contributed by atoms with Crippen molar-refractivity contribution >= 4 is 49.3 Å². The molecule has 1 aromatic heterocycles.